The lowest BCUT2D eigenvalue weighted by molar-refractivity contribution is -0.0461. The van der Waals surface area contributed by atoms with Gasteiger partial charge in [0.15, 0.2) is 0 Å². The van der Waals surface area contributed by atoms with E-state index in [1.165, 1.54) is 6.07 Å². The number of phenolic OH excluding ortho intramolecular Hbond substituents is 1. The Morgan fingerprint density at radius 2 is 1.86 bits per heavy atom. The van der Waals surface area contributed by atoms with Crippen molar-refractivity contribution in [1.82, 2.24) is 10.3 Å². The topological polar surface area (TPSA) is 95.2 Å². The van der Waals surface area contributed by atoms with Crippen molar-refractivity contribution in [3.63, 3.8) is 0 Å². The summed E-state index contributed by atoms with van der Waals surface area (Å²) in [6, 6.07) is 8.74. The van der Waals surface area contributed by atoms with Gasteiger partial charge in [-0.05, 0) is 62.3 Å². The predicted octanol–water partition coefficient (Wildman–Crippen LogP) is 5.15. The highest BCUT2D eigenvalue weighted by Crippen LogP contribution is 2.53. The molecule has 6 nitrogen and oxygen atoms in total. The van der Waals surface area contributed by atoms with E-state index in [1.807, 2.05) is 26.8 Å². The van der Waals surface area contributed by atoms with Crippen molar-refractivity contribution in [2.45, 2.75) is 66.5 Å². The molecule has 1 aliphatic rings. The van der Waals surface area contributed by atoms with Crippen LogP contribution in [-0.2, 0) is 4.74 Å². The van der Waals surface area contributed by atoms with Crippen molar-refractivity contribution >= 4 is 17.0 Å². The molecule has 1 fully saturated rings. The number of benzene rings is 1. The monoisotopic (exact) mass is 397 g/mol. The highest BCUT2D eigenvalue weighted by atomic mass is 16.6. The summed E-state index contributed by atoms with van der Waals surface area (Å²) < 4.78 is 5.28. The van der Waals surface area contributed by atoms with Crippen LogP contribution in [0.2, 0.25) is 0 Å². The van der Waals surface area contributed by atoms with Crippen molar-refractivity contribution in [1.29, 1.82) is 5.26 Å². The first-order valence-corrected chi connectivity index (χ1v) is 9.73. The quantitative estimate of drug-likeness (QED) is 0.694. The van der Waals surface area contributed by atoms with E-state index >= 15 is 0 Å². The average molecular weight is 398 g/mol. The number of nitrogens with zero attached hydrogens (tertiary/aromatic N) is 2. The van der Waals surface area contributed by atoms with Crippen LogP contribution in [0.25, 0.3) is 10.9 Å². The zero-order valence-corrected chi connectivity index (χ0v) is 18.3. The van der Waals surface area contributed by atoms with E-state index in [4.69, 9.17) is 10.00 Å². The molecule has 1 heterocycles. The molecule has 0 spiro atoms. The number of rotatable bonds is 1. The van der Waals surface area contributed by atoms with Crippen molar-refractivity contribution in [2.24, 2.45) is 10.8 Å². The Morgan fingerprint density at radius 3 is 2.38 bits per heavy atom. The van der Waals surface area contributed by atoms with Crippen molar-refractivity contribution in [3.05, 3.63) is 36.0 Å². The second kappa shape index (κ2) is 7.90. The Kier molecular flexibility index (Phi) is 6.13. The highest BCUT2D eigenvalue weighted by Gasteiger charge is 2.53. The molecule has 1 aliphatic carbocycles. The Morgan fingerprint density at radius 1 is 1.24 bits per heavy atom. The second-order valence-electron chi connectivity index (χ2n) is 9.88. The number of fused-ring (bicyclic) bond motifs is 1. The largest absolute Gasteiger partial charge is 0.507 e. The number of nitriles is 1. The third-order valence-electron chi connectivity index (χ3n) is 5.00. The number of pyridine rings is 1. The molecular weight excluding hydrogens is 366 g/mol. The standard InChI is InChI=1S/C13H25NO2.C10H6N2O/c1-11(2,3)16-10(15)14-9-12(4,5)8-13(9,6)7;11-6-7-3-4-9(13)8-2-1-5-12-10(7)8/h9H,8H2,1-7H3,(H,14,15);1-5,13H. The maximum atomic E-state index is 11.7. The predicted molar refractivity (Wildman–Crippen MR) is 113 cm³/mol. The molecule has 0 aliphatic heterocycles. The highest BCUT2D eigenvalue weighted by molar-refractivity contribution is 5.89. The molecule has 0 unspecified atom stereocenters. The molecule has 0 radical (unpaired) electrons. The SMILES string of the molecule is CC(C)(C)OC(=O)NC1C(C)(C)CC1(C)C.N#Cc1ccc(O)c2cccnc12. The lowest BCUT2D eigenvalue weighted by atomic mass is 9.52. The van der Waals surface area contributed by atoms with Gasteiger partial charge in [-0.25, -0.2) is 4.79 Å². The molecule has 0 saturated heterocycles. The maximum Gasteiger partial charge on any atom is 0.407 e. The summed E-state index contributed by atoms with van der Waals surface area (Å²) in [7, 11) is 0. The van der Waals surface area contributed by atoms with Gasteiger partial charge >= 0.3 is 6.09 Å². The first-order chi connectivity index (χ1) is 13.3. The molecule has 1 amide bonds. The summed E-state index contributed by atoms with van der Waals surface area (Å²) in [6.45, 7) is 14.4. The molecule has 2 N–H and O–H groups in total. The number of hydrogen-bond acceptors (Lipinski definition) is 5. The first kappa shape index (κ1) is 22.5. The number of nitrogens with one attached hydrogen (secondary N) is 1. The van der Waals surface area contributed by atoms with Crippen LogP contribution >= 0.6 is 0 Å². The molecule has 0 atom stereocenters. The number of carbonyl (C=O) groups excluding carboxylic acids is 1. The Balaban J connectivity index is 0.000000211. The summed E-state index contributed by atoms with van der Waals surface area (Å²) >= 11 is 0. The van der Waals surface area contributed by atoms with Crippen molar-refractivity contribution < 1.29 is 14.6 Å². The number of hydrogen-bond donors (Lipinski definition) is 2. The maximum absolute atomic E-state index is 11.7. The fourth-order valence-electron chi connectivity index (χ4n) is 4.37. The lowest BCUT2D eigenvalue weighted by Gasteiger charge is -2.57. The second-order valence-corrected chi connectivity index (χ2v) is 9.88. The van der Waals surface area contributed by atoms with Crippen LogP contribution in [0.15, 0.2) is 30.5 Å². The minimum Gasteiger partial charge on any atom is -0.507 e. The number of alkyl carbamates (subject to hydrolysis) is 1. The van der Waals surface area contributed by atoms with Crippen molar-refractivity contribution in [3.8, 4) is 11.8 Å². The minimum absolute atomic E-state index is 0.155. The van der Waals surface area contributed by atoms with E-state index in [1.54, 1.807) is 24.4 Å². The number of ether oxygens (including phenoxy) is 1. The van der Waals surface area contributed by atoms with E-state index in [0.29, 0.717) is 16.5 Å². The number of carbonyl (C=O) groups is 1. The van der Waals surface area contributed by atoms with E-state index in [0.717, 1.165) is 6.42 Å². The first-order valence-electron chi connectivity index (χ1n) is 9.73. The third kappa shape index (κ3) is 5.38. The van der Waals surface area contributed by atoms with Gasteiger partial charge in [0.05, 0.1) is 11.1 Å². The van der Waals surface area contributed by atoms with Gasteiger partial charge in [-0.15, -0.1) is 0 Å². The molecule has 1 saturated carbocycles. The van der Waals surface area contributed by atoms with Gasteiger partial charge in [0, 0.05) is 17.6 Å². The summed E-state index contributed by atoms with van der Waals surface area (Å²) in [5.41, 5.74) is 0.932. The Hall–Kier alpha value is -2.81. The van der Waals surface area contributed by atoms with E-state index in [2.05, 4.69) is 38.0 Å². The zero-order chi connectivity index (χ0) is 22.0. The number of phenols is 1. The molecule has 29 heavy (non-hydrogen) atoms. The number of aromatic hydroxyl groups is 1. The molecular formula is C23H31N3O3. The van der Waals surface area contributed by atoms with Gasteiger partial charge in [0.2, 0.25) is 0 Å². The van der Waals surface area contributed by atoms with E-state index < -0.39 is 5.60 Å². The van der Waals surface area contributed by atoms with Crippen LogP contribution in [0.3, 0.4) is 0 Å². The van der Waals surface area contributed by atoms with Crippen LogP contribution in [-0.4, -0.2) is 27.8 Å². The molecule has 156 valence electrons. The number of amides is 1. The summed E-state index contributed by atoms with van der Waals surface area (Å²) in [5, 5.41) is 21.8. The van der Waals surface area contributed by atoms with Crippen LogP contribution in [0.4, 0.5) is 4.79 Å². The fourth-order valence-corrected chi connectivity index (χ4v) is 4.37. The molecule has 3 rings (SSSR count). The lowest BCUT2D eigenvalue weighted by Crippen LogP contribution is -2.63. The van der Waals surface area contributed by atoms with Gasteiger partial charge in [0.1, 0.15) is 17.4 Å². The zero-order valence-electron chi connectivity index (χ0n) is 18.3. The van der Waals surface area contributed by atoms with Gasteiger partial charge in [-0.2, -0.15) is 5.26 Å². The molecule has 6 heteroatoms. The summed E-state index contributed by atoms with van der Waals surface area (Å²) in [6.07, 6.45) is 2.42. The minimum atomic E-state index is -0.428. The fraction of sp³-hybridized carbons (Fsp3) is 0.522. The van der Waals surface area contributed by atoms with Gasteiger partial charge < -0.3 is 15.2 Å². The third-order valence-corrected chi connectivity index (χ3v) is 5.00. The van der Waals surface area contributed by atoms with Gasteiger partial charge in [-0.1, -0.05) is 27.7 Å². The Bertz CT molecular complexity index is 923. The van der Waals surface area contributed by atoms with Crippen LogP contribution < -0.4 is 5.32 Å². The summed E-state index contributed by atoms with van der Waals surface area (Å²) in [5.74, 6) is 0.155. The van der Waals surface area contributed by atoms with E-state index in [-0.39, 0.29) is 28.7 Å². The molecule has 1 aromatic carbocycles. The van der Waals surface area contributed by atoms with Crippen LogP contribution in [0.5, 0.6) is 5.75 Å². The van der Waals surface area contributed by atoms with E-state index in [9.17, 15) is 9.90 Å². The van der Waals surface area contributed by atoms with Gasteiger partial charge in [0.25, 0.3) is 0 Å². The number of aromatic nitrogens is 1. The van der Waals surface area contributed by atoms with Crippen LogP contribution in [0, 0.1) is 22.2 Å². The molecule has 1 aromatic heterocycles. The Labute approximate surface area is 172 Å². The van der Waals surface area contributed by atoms with Crippen LogP contribution in [0.1, 0.15) is 60.5 Å². The molecule has 2 aromatic rings. The van der Waals surface area contributed by atoms with Gasteiger partial charge in [-0.3, -0.25) is 4.98 Å². The summed E-state index contributed by atoms with van der Waals surface area (Å²) in [4.78, 5) is 15.7. The smallest absolute Gasteiger partial charge is 0.407 e. The average Bonchev–Trinajstić information content (AvgIpc) is 2.59. The van der Waals surface area contributed by atoms with Crippen molar-refractivity contribution in [2.75, 3.05) is 0 Å². The normalized spacial score (nSPS) is 17.3. The molecule has 0 bridgehead atoms.